The Morgan fingerprint density at radius 2 is 2.20 bits per heavy atom. The van der Waals surface area contributed by atoms with Crippen LogP contribution in [0, 0.1) is 0 Å². The van der Waals surface area contributed by atoms with E-state index in [2.05, 4.69) is 9.82 Å². The number of anilines is 1. The standard InChI is InChI=1S/C11H11ClN4O2S2/c1-16-6-7(5-14-16)15-20(17,18)8-2-3-9(11(13)19)10(12)4-8/h2-6,15H,1H3,(H2,13,19). The normalized spacial score (nSPS) is 11.3. The maximum Gasteiger partial charge on any atom is 0.262 e. The molecule has 0 saturated heterocycles. The molecule has 0 bridgehead atoms. The first kappa shape index (κ1) is 14.8. The second-order valence-electron chi connectivity index (χ2n) is 4.01. The second kappa shape index (κ2) is 5.39. The molecule has 106 valence electrons. The van der Waals surface area contributed by atoms with Crippen LogP contribution in [0.3, 0.4) is 0 Å². The van der Waals surface area contributed by atoms with E-state index in [1.807, 2.05) is 0 Å². The Hall–Kier alpha value is -1.64. The van der Waals surface area contributed by atoms with Crippen LogP contribution in [0.4, 0.5) is 5.69 Å². The highest BCUT2D eigenvalue weighted by molar-refractivity contribution is 7.92. The fourth-order valence-corrected chi connectivity index (χ4v) is 3.19. The van der Waals surface area contributed by atoms with Crippen molar-refractivity contribution in [1.29, 1.82) is 0 Å². The summed E-state index contributed by atoms with van der Waals surface area (Å²) in [5.41, 5.74) is 6.27. The van der Waals surface area contributed by atoms with Gasteiger partial charge in [-0.05, 0) is 18.2 Å². The predicted octanol–water partition coefficient (Wildman–Crippen LogP) is 1.51. The lowest BCUT2D eigenvalue weighted by Crippen LogP contribution is -2.14. The minimum absolute atomic E-state index is 0.0198. The Balaban J connectivity index is 2.35. The predicted molar refractivity (Wildman–Crippen MR) is 81.4 cm³/mol. The van der Waals surface area contributed by atoms with E-state index in [0.29, 0.717) is 11.3 Å². The smallest absolute Gasteiger partial charge is 0.262 e. The average molecular weight is 331 g/mol. The SMILES string of the molecule is Cn1cc(NS(=O)(=O)c2ccc(C(N)=S)c(Cl)c2)cn1. The van der Waals surface area contributed by atoms with Crippen molar-refractivity contribution in [3.8, 4) is 0 Å². The van der Waals surface area contributed by atoms with Crippen LogP contribution in [-0.4, -0.2) is 23.2 Å². The molecule has 2 rings (SSSR count). The van der Waals surface area contributed by atoms with Crippen molar-refractivity contribution in [2.45, 2.75) is 4.90 Å². The molecule has 0 amide bonds. The molecule has 1 heterocycles. The van der Waals surface area contributed by atoms with Gasteiger partial charge in [-0.3, -0.25) is 9.40 Å². The Morgan fingerprint density at radius 1 is 1.50 bits per heavy atom. The summed E-state index contributed by atoms with van der Waals surface area (Å²) in [6.45, 7) is 0. The van der Waals surface area contributed by atoms with Crippen LogP contribution < -0.4 is 10.5 Å². The van der Waals surface area contributed by atoms with Gasteiger partial charge < -0.3 is 5.73 Å². The zero-order valence-corrected chi connectivity index (χ0v) is 12.8. The van der Waals surface area contributed by atoms with Gasteiger partial charge in [-0.15, -0.1) is 0 Å². The summed E-state index contributed by atoms with van der Waals surface area (Å²) < 4.78 is 28.2. The van der Waals surface area contributed by atoms with Crippen molar-refractivity contribution in [2.24, 2.45) is 12.8 Å². The Labute approximate surface area is 126 Å². The molecule has 6 nitrogen and oxygen atoms in total. The number of nitrogens with one attached hydrogen (secondary N) is 1. The number of aryl methyl sites for hydroxylation is 1. The summed E-state index contributed by atoms with van der Waals surface area (Å²) in [5, 5.41) is 4.07. The molecule has 0 radical (unpaired) electrons. The van der Waals surface area contributed by atoms with Crippen LogP contribution in [0.15, 0.2) is 35.5 Å². The fraction of sp³-hybridized carbons (Fsp3) is 0.0909. The summed E-state index contributed by atoms with van der Waals surface area (Å²) in [7, 11) is -2.05. The van der Waals surface area contributed by atoms with Crippen molar-refractivity contribution in [3.05, 3.63) is 41.2 Å². The molecule has 0 unspecified atom stereocenters. The molecule has 0 spiro atoms. The highest BCUT2D eigenvalue weighted by atomic mass is 35.5. The number of sulfonamides is 1. The number of nitrogens with zero attached hydrogens (tertiary/aromatic N) is 2. The number of hydrogen-bond donors (Lipinski definition) is 2. The first-order valence-electron chi connectivity index (χ1n) is 5.40. The van der Waals surface area contributed by atoms with Gasteiger partial charge in [-0.2, -0.15) is 5.10 Å². The van der Waals surface area contributed by atoms with Crippen molar-refractivity contribution in [1.82, 2.24) is 9.78 Å². The molecule has 1 aromatic heterocycles. The Morgan fingerprint density at radius 3 is 2.70 bits per heavy atom. The number of benzene rings is 1. The molecular weight excluding hydrogens is 320 g/mol. The Bertz CT molecular complexity index is 770. The molecule has 20 heavy (non-hydrogen) atoms. The van der Waals surface area contributed by atoms with Gasteiger partial charge >= 0.3 is 0 Å². The summed E-state index contributed by atoms with van der Waals surface area (Å²) in [6, 6.07) is 4.16. The zero-order chi connectivity index (χ0) is 14.9. The number of nitrogens with two attached hydrogens (primary N) is 1. The monoisotopic (exact) mass is 330 g/mol. The van der Waals surface area contributed by atoms with E-state index in [1.54, 1.807) is 13.2 Å². The van der Waals surface area contributed by atoms with Crippen LogP contribution in [0.5, 0.6) is 0 Å². The lowest BCUT2D eigenvalue weighted by molar-refractivity contribution is 0.601. The molecule has 1 aromatic carbocycles. The van der Waals surface area contributed by atoms with E-state index >= 15 is 0 Å². The number of hydrogen-bond acceptors (Lipinski definition) is 4. The second-order valence-corrected chi connectivity index (χ2v) is 6.54. The van der Waals surface area contributed by atoms with E-state index in [4.69, 9.17) is 29.6 Å². The fourth-order valence-electron chi connectivity index (χ4n) is 1.55. The molecule has 9 heteroatoms. The third kappa shape index (κ3) is 3.09. The maximum absolute atomic E-state index is 12.2. The average Bonchev–Trinajstić information content (AvgIpc) is 2.73. The maximum atomic E-state index is 12.2. The molecule has 2 aromatic rings. The minimum atomic E-state index is -3.74. The molecule has 0 fully saturated rings. The lowest BCUT2D eigenvalue weighted by atomic mass is 10.2. The van der Waals surface area contributed by atoms with Crippen molar-refractivity contribution in [3.63, 3.8) is 0 Å². The first-order chi connectivity index (χ1) is 9.29. The molecule has 0 aliphatic rings. The van der Waals surface area contributed by atoms with Gasteiger partial charge in [-0.1, -0.05) is 23.8 Å². The largest absolute Gasteiger partial charge is 0.389 e. The third-order valence-corrected chi connectivity index (χ3v) is 4.38. The Kier molecular flexibility index (Phi) is 3.98. The van der Waals surface area contributed by atoms with Crippen LogP contribution in [0.1, 0.15) is 5.56 Å². The number of thiocarbonyl (C=S) groups is 1. The van der Waals surface area contributed by atoms with Gasteiger partial charge in [0.1, 0.15) is 4.99 Å². The zero-order valence-electron chi connectivity index (χ0n) is 10.4. The minimum Gasteiger partial charge on any atom is -0.389 e. The van der Waals surface area contributed by atoms with Crippen LogP contribution in [-0.2, 0) is 17.1 Å². The highest BCUT2D eigenvalue weighted by Crippen LogP contribution is 2.22. The topological polar surface area (TPSA) is 90.0 Å². The van der Waals surface area contributed by atoms with Gasteiger partial charge in [0.2, 0.25) is 0 Å². The molecule has 3 N–H and O–H groups in total. The van der Waals surface area contributed by atoms with Crippen molar-refractivity contribution < 1.29 is 8.42 Å². The van der Waals surface area contributed by atoms with E-state index in [9.17, 15) is 8.42 Å². The molecule has 0 aliphatic carbocycles. The summed E-state index contributed by atoms with van der Waals surface area (Å²) in [5.74, 6) is 0. The van der Waals surface area contributed by atoms with Gasteiger partial charge in [-0.25, -0.2) is 8.42 Å². The third-order valence-electron chi connectivity index (χ3n) is 2.47. The van der Waals surface area contributed by atoms with E-state index in [-0.39, 0.29) is 14.9 Å². The van der Waals surface area contributed by atoms with E-state index in [0.717, 1.165) is 0 Å². The summed E-state index contributed by atoms with van der Waals surface area (Å²) in [4.78, 5) is 0.130. The van der Waals surface area contributed by atoms with Crippen LogP contribution >= 0.6 is 23.8 Å². The van der Waals surface area contributed by atoms with Crippen molar-refractivity contribution in [2.75, 3.05) is 4.72 Å². The quantitative estimate of drug-likeness (QED) is 0.829. The van der Waals surface area contributed by atoms with Crippen LogP contribution in [0.25, 0.3) is 0 Å². The molecule has 0 atom stereocenters. The number of rotatable bonds is 4. The van der Waals surface area contributed by atoms with Gasteiger partial charge in [0.25, 0.3) is 10.0 Å². The van der Waals surface area contributed by atoms with Crippen molar-refractivity contribution >= 4 is 44.5 Å². The summed E-state index contributed by atoms with van der Waals surface area (Å²) in [6.07, 6.45) is 2.95. The lowest BCUT2D eigenvalue weighted by Gasteiger charge is -2.08. The molecular formula is C11H11ClN4O2S2. The van der Waals surface area contributed by atoms with Crippen LogP contribution in [0.2, 0.25) is 5.02 Å². The van der Waals surface area contributed by atoms with E-state index in [1.165, 1.54) is 29.1 Å². The first-order valence-corrected chi connectivity index (χ1v) is 7.67. The summed E-state index contributed by atoms with van der Waals surface area (Å²) >= 11 is 10.8. The highest BCUT2D eigenvalue weighted by Gasteiger charge is 2.17. The van der Waals surface area contributed by atoms with Gasteiger partial charge in [0.05, 0.1) is 21.8 Å². The molecule has 0 aliphatic heterocycles. The van der Waals surface area contributed by atoms with Gasteiger partial charge in [0, 0.05) is 18.8 Å². The number of aromatic nitrogens is 2. The van der Waals surface area contributed by atoms with Gasteiger partial charge in [0.15, 0.2) is 0 Å². The molecule has 0 saturated carbocycles. The van der Waals surface area contributed by atoms with E-state index < -0.39 is 10.0 Å². The number of halogens is 1.